The van der Waals surface area contributed by atoms with Gasteiger partial charge in [0.15, 0.2) is 0 Å². The van der Waals surface area contributed by atoms with Crippen LogP contribution in [0.25, 0.3) is 0 Å². The van der Waals surface area contributed by atoms with Gasteiger partial charge in [-0.2, -0.15) is 11.3 Å². The van der Waals surface area contributed by atoms with Crippen molar-refractivity contribution in [2.24, 2.45) is 0 Å². The summed E-state index contributed by atoms with van der Waals surface area (Å²) in [5, 5.41) is 24.6. The predicted octanol–water partition coefficient (Wildman–Crippen LogP) is 2.33. The number of hydrogen-bond donors (Lipinski definition) is 3. The smallest absolute Gasteiger partial charge is 0.339 e. The van der Waals surface area contributed by atoms with Crippen LogP contribution < -0.4 is 5.32 Å². The Kier molecular flexibility index (Phi) is 3.82. The minimum absolute atomic E-state index is 0.229. The Morgan fingerprint density at radius 3 is 2.68 bits per heavy atom. The first kappa shape index (κ1) is 13.1. The molecule has 3 N–H and O–H groups in total. The number of aromatic hydroxyl groups is 1. The Labute approximate surface area is 113 Å². The van der Waals surface area contributed by atoms with E-state index in [0.717, 1.165) is 5.56 Å². The standard InChI is InChI=1S/C13H11NO4S/c15-11-2-1-9(6-10(11)13(17)18)14-12(16)5-8-3-4-19-7-8/h1-4,6-7,15H,5H2,(H,14,16)(H,17,18). The van der Waals surface area contributed by atoms with E-state index in [1.165, 1.54) is 29.5 Å². The van der Waals surface area contributed by atoms with E-state index in [1.54, 1.807) is 0 Å². The molecule has 1 aromatic heterocycles. The van der Waals surface area contributed by atoms with Crippen molar-refractivity contribution in [2.75, 3.05) is 5.32 Å². The van der Waals surface area contributed by atoms with Gasteiger partial charge in [0.2, 0.25) is 5.91 Å². The van der Waals surface area contributed by atoms with Crippen LogP contribution in [0.4, 0.5) is 5.69 Å². The fourth-order valence-corrected chi connectivity index (χ4v) is 2.24. The summed E-state index contributed by atoms with van der Waals surface area (Å²) in [5.41, 5.74) is 1.00. The highest BCUT2D eigenvalue weighted by Gasteiger charge is 2.11. The van der Waals surface area contributed by atoms with Crippen LogP contribution in [-0.4, -0.2) is 22.1 Å². The molecular weight excluding hydrogens is 266 g/mol. The minimum Gasteiger partial charge on any atom is -0.507 e. The Morgan fingerprint density at radius 1 is 1.26 bits per heavy atom. The van der Waals surface area contributed by atoms with E-state index in [1.807, 2.05) is 16.8 Å². The second kappa shape index (κ2) is 5.53. The van der Waals surface area contributed by atoms with E-state index in [0.29, 0.717) is 5.69 Å². The van der Waals surface area contributed by atoms with Crippen molar-refractivity contribution >= 4 is 28.9 Å². The largest absolute Gasteiger partial charge is 0.507 e. The summed E-state index contributed by atoms with van der Waals surface area (Å²) in [6.07, 6.45) is 0.229. The fourth-order valence-electron chi connectivity index (χ4n) is 1.57. The molecule has 1 amide bonds. The zero-order valence-corrected chi connectivity index (χ0v) is 10.6. The first-order valence-corrected chi connectivity index (χ1v) is 6.38. The van der Waals surface area contributed by atoms with E-state index >= 15 is 0 Å². The average molecular weight is 277 g/mol. The zero-order chi connectivity index (χ0) is 13.8. The molecule has 0 saturated carbocycles. The van der Waals surface area contributed by atoms with Crippen LogP contribution in [0, 0.1) is 0 Å². The normalized spacial score (nSPS) is 10.1. The molecule has 5 nitrogen and oxygen atoms in total. The monoisotopic (exact) mass is 277 g/mol. The molecule has 0 saturated heterocycles. The van der Waals surface area contributed by atoms with Gasteiger partial charge >= 0.3 is 5.97 Å². The molecule has 0 aliphatic rings. The van der Waals surface area contributed by atoms with Gasteiger partial charge in [-0.25, -0.2) is 4.79 Å². The minimum atomic E-state index is -1.24. The van der Waals surface area contributed by atoms with Crippen LogP contribution in [0.2, 0.25) is 0 Å². The lowest BCUT2D eigenvalue weighted by atomic mass is 10.1. The number of carbonyl (C=O) groups is 2. The topological polar surface area (TPSA) is 86.6 Å². The van der Waals surface area contributed by atoms with E-state index in [2.05, 4.69) is 5.32 Å². The van der Waals surface area contributed by atoms with Crippen molar-refractivity contribution in [3.8, 4) is 5.75 Å². The lowest BCUT2D eigenvalue weighted by molar-refractivity contribution is -0.115. The lowest BCUT2D eigenvalue weighted by Crippen LogP contribution is -2.14. The summed E-state index contributed by atoms with van der Waals surface area (Å²) < 4.78 is 0. The number of rotatable bonds is 4. The zero-order valence-electron chi connectivity index (χ0n) is 9.79. The predicted molar refractivity (Wildman–Crippen MR) is 71.7 cm³/mol. The first-order valence-electron chi connectivity index (χ1n) is 5.43. The molecular formula is C13H11NO4S. The Bertz CT molecular complexity index is 607. The molecule has 19 heavy (non-hydrogen) atoms. The van der Waals surface area contributed by atoms with Crippen LogP contribution in [0.15, 0.2) is 35.0 Å². The number of nitrogens with one attached hydrogen (secondary N) is 1. The van der Waals surface area contributed by atoms with Gasteiger partial charge in [0.1, 0.15) is 11.3 Å². The SMILES string of the molecule is O=C(Cc1ccsc1)Nc1ccc(O)c(C(=O)O)c1. The van der Waals surface area contributed by atoms with Gasteiger partial charge in [0.05, 0.1) is 6.42 Å². The lowest BCUT2D eigenvalue weighted by Gasteiger charge is -2.06. The Hall–Kier alpha value is -2.34. The van der Waals surface area contributed by atoms with Gasteiger partial charge in [-0.05, 0) is 40.6 Å². The van der Waals surface area contributed by atoms with Crippen LogP contribution in [0.3, 0.4) is 0 Å². The molecule has 0 bridgehead atoms. The number of carboxylic acid groups (broad SMARTS) is 1. The molecule has 0 unspecified atom stereocenters. The van der Waals surface area contributed by atoms with Crippen LogP contribution >= 0.6 is 11.3 Å². The number of thiophene rings is 1. The number of benzene rings is 1. The Balaban J connectivity index is 2.09. The highest BCUT2D eigenvalue weighted by molar-refractivity contribution is 7.08. The van der Waals surface area contributed by atoms with Gasteiger partial charge in [-0.15, -0.1) is 0 Å². The quantitative estimate of drug-likeness (QED) is 0.749. The number of carbonyl (C=O) groups excluding carboxylic acids is 1. The van der Waals surface area contributed by atoms with Crippen LogP contribution in [0.5, 0.6) is 5.75 Å². The summed E-state index contributed by atoms with van der Waals surface area (Å²) in [6.45, 7) is 0. The summed E-state index contributed by atoms with van der Waals surface area (Å²) in [6, 6.07) is 5.77. The third-order valence-electron chi connectivity index (χ3n) is 2.46. The first-order chi connectivity index (χ1) is 9.06. The van der Waals surface area contributed by atoms with Crippen molar-refractivity contribution in [3.63, 3.8) is 0 Å². The molecule has 0 aliphatic heterocycles. The average Bonchev–Trinajstić information content (AvgIpc) is 2.84. The van der Waals surface area contributed by atoms with Gasteiger partial charge in [0, 0.05) is 5.69 Å². The molecule has 6 heteroatoms. The molecule has 0 spiro atoms. The second-order valence-electron chi connectivity index (χ2n) is 3.89. The molecule has 1 heterocycles. The molecule has 2 rings (SSSR count). The van der Waals surface area contributed by atoms with Crippen molar-refractivity contribution in [1.82, 2.24) is 0 Å². The van der Waals surface area contributed by atoms with Crippen molar-refractivity contribution in [2.45, 2.75) is 6.42 Å². The molecule has 0 atom stereocenters. The maximum absolute atomic E-state index is 11.7. The van der Waals surface area contributed by atoms with E-state index in [4.69, 9.17) is 5.11 Å². The molecule has 0 aliphatic carbocycles. The summed E-state index contributed by atoms with van der Waals surface area (Å²) >= 11 is 1.51. The third kappa shape index (κ3) is 3.32. The third-order valence-corrected chi connectivity index (χ3v) is 3.19. The van der Waals surface area contributed by atoms with Crippen molar-refractivity contribution in [1.29, 1.82) is 0 Å². The number of hydrogen-bond acceptors (Lipinski definition) is 4. The number of amides is 1. The second-order valence-corrected chi connectivity index (χ2v) is 4.67. The van der Waals surface area contributed by atoms with E-state index in [-0.39, 0.29) is 23.6 Å². The highest BCUT2D eigenvalue weighted by atomic mass is 32.1. The summed E-state index contributed by atoms with van der Waals surface area (Å²) in [4.78, 5) is 22.6. The van der Waals surface area contributed by atoms with Gasteiger partial charge < -0.3 is 15.5 Å². The van der Waals surface area contributed by atoms with E-state index < -0.39 is 5.97 Å². The van der Waals surface area contributed by atoms with E-state index in [9.17, 15) is 14.7 Å². The molecule has 1 aromatic carbocycles. The number of phenols is 1. The van der Waals surface area contributed by atoms with Gasteiger partial charge in [-0.3, -0.25) is 4.79 Å². The van der Waals surface area contributed by atoms with Crippen molar-refractivity contribution in [3.05, 3.63) is 46.2 Å². The van der Waals surface area contributed by atoms with Crippen molar-refractivity contribution < 1.29 is 19.8 Å². The summed E-state index contributed by atoms with van der Waals surface area (Å²) in [7, 11) is 0. The van der Waals surface area contributed by atoms with Gasteiger partial charge in [0.25, 0.3) is 0 Å². The molecule has 0 fully saturated rings. The molecule has 2 aromatic rings. The maximum atomic E-state index is 11.7. The number of anilines is 1. The molecule has 98 valence electrons. The fraction of sp³-hybridized carbons (Fsp3) is 0.0769. The highest BCUT2D eigenvalue weighted by Crippen LogP contribution is 2.21. The van der Waals surface area contributed by atoms with Crippen LogP contribution in [-0.2, 0) is 11.2 Å². The summed E-state index contributed by atoms with van der Waals surface area (Å²) in [5.74, 6) is -1.81. The number of aromatic carboxylic acids is 1. The van der Waals surface area contributed by atoms with Crippen LogP contribution in [0.1, 0.15) is 15.9 Å². The van der Waals surface area contributed by atoms with Gasteiger partial charge in [-0.1, -0.05) is 0 Å². The maximum Gasteiger partial charge on any atom is 0.339 e. The Morgan fingerprint density at radius 2 is 2.05 bits per heavy atom. The molecule has 0 radical (unpaired) electrons. The number of carboxylic acids is 1.